The highest BCUT2D eigenvalue weighted by Gasteiger charge is 2.48. The number of likely N-dealkylation sites (N-methyl/N-ethyl adjacent to an activating group) is 1. The predicted octanol–water partition coefficient (Wildman–Crippen LogP) is -1.13. The van der Waals surface area contributed by atoms with Gasteiger partial charge in [-0.3, -0.25) is 14.5 Å². The van der Waals surface area contributed by atoms with E-state index >= 15 is 0 Å². The molecule has 10 nitrogen and oxygen atoms in total. The Kier molecular flexibility index (Phi) is 5.97. The lowest BCUT2D eigenvalue weighted by molar-refractivity contribution is 0.0627. The molecular weight excluding hydrogens is 420 g/mol. The van der Waals surface area contributed by atoms with Crippen molar-refractivity contribution in [3.05, 3.63) is 27.9 Å². The Labute approximate surface area is 183 Å². The van der Waals surface area contributed by atoms with Crippen molar-refractivity contribution in [3.8, 4) is 0 Å². The van der Waals surface area contributed by atoms with Crippen molar-refractivity contribution in [1.82, 2.24) is 28.6 Å². The molecule has 3 aliphatic heterocycles. The fraction of sp³-hybridized carbons (Fsp3) is 0.750. The van der Waals surface area contributed by atoms with Crippen LogP contribution in [0.15, 0.2) is 11.0 Å². The van der Waals surface area contributed by atoms with Crippen LogP contribution in [0.3, 0.4) is 0 Å². The second kappa shape index (κ2) is 8.27. The SMILES string of the molecule is CN(C)CCN1CCN(C(=O)c2cn3c(nc2=O)[C@@]2(CCN(S(C)(=O)=O)C2)CC3)CC1. The molecule has 0 aliphatic carbocycles. The summed E-state index contributed by atoms with van der Waals surface area (Å²) in [4.78, 5) is 36.4. The molecule has 0 radical (unpaired) electrons. The quantitative estimate of drug-likeness (QED) is 0.557. The number of carbonyl (C=O) groups excluding carboxylic acids is 1. The molecule has 1 atom stereocenters. The molecule has 4 rings (SSSR count). The fourth-order valence-electron chi connectivity index (χ4n) is 4.87. The van der Waals surface area contributed by atoms with E-state index in [1.54, 1.807) is 11.1 Å². The van der Waals surface area contributed by atoms with Crippen LogP contribution in [0.4, 0.5) is 0 Å². The molecule has 1 amide bonds. The molecule has 11 heteroatoms. The molecule has 0 bridgehead atoms. The molecule has 0 N–H and O–H groups in total. The molecule has 172 valence electrons. The molecule has 4 heterocycles. The molecule has 1 spiro atoms. The van der Waals surface area contributed by atoms with Crippen LogP contribution in [0.2, 0.25) is 0 Å². The van der Waals surface area contributed by atoms with E-state index in [9.17, 15) is 18.0 Å². The van der Waals surface area contributed by atoms with Crippen LogP contribution in [0, 0.1) is 0 Å². The Hall–Kier alpha value is -1.82. The molecule has 3 aliphatic rings. The van der Waals surface area contributed by atoms with Gasteiger partial charge < -0.3 is 14.4 Å². The van der Waals surface area contributed by atoms with Gasteiger partial charge in [-0.2, -0.15) is 4.98 Å². The molecule has 1 aromatic rings. The first-order valence-electron chi connectivity index (χ1n) is 10.8. The largest absolute Gasteiger partial charge is 0.336 e. The van der Waals surface area contributed by atoms with Crippen molar-refractivity contribution in [3.63, 3.8) is 0 Å². The van der Waals surface area contributed by atoms with Gasteiger partial charge in [-0.25, -0.2) is 12.7 Å². The van der Waals surface area contributed by atoms with Crippen LogP contribution >= 0.6 is 0 Å². The molecular formula is C20H32N6O4S. The van der Waals surface area contributed by atoms with Crippen molar-refractivity contribution in [2.24, 2.45) is 0 Å². The van der Waals surface area contributed by atoms with Gasteiger partial charge in [0.05, 0.1) is 6.26 Å². The van der Waals surface area contributed by atoms with Crippen LogP contribution in [-0.4, -0.2) is 116 Å². The van der Waals surface area contributed by atoms with Crippen molar-refractivity contribution in [2.45, 2.75) is 24.8 Å². The van der Waals surface area contributed by atoms with Gasteiger partial charge in [0.1, 0.15) is 11.4 Å². The van der Waals surface area contributed by atoms with Gasteiger partial charge in [-0.15, -0.1) is 0 Å². The second-order valence-electron chi connectivity index (χ2n) is 9.29. The maximum absolute atomic E-state index is 13.0. The number of hydrogen-bond donors (Lipinski definition) is 0. The maximum atomic E-state index is 13.0. The average molecular weight is 453 g/mol. The van der Waals surface area contributed by atoms with E-state index in [1.165, 1.54) is 10.6 Å². The lowest BCUT2D eigenvalue weighted by Crippen LogP contribution is -2.50. The second-order valence-corrected chi connectivity index (χ2v) is 11.3. The number of rotatable bonds is 5. The number of carbonyl (C=O) groups is 1. The standard InChI is InChI=1S/C20H32N6O4S/c1-22(2)8-9-23-10-12-24(13-11-23)18(28)16-14-25-6-4-20(19(25)21-17(16)27)5-7-26(15-20)31(3,29)30/h14H,4-13,15H2,1-3H3/t20-/m1/s1. The molecule has 0 saturated carbocycles. The third kappa shape index (κ3) is 4.41. The van der Waals surface area contributed by atoms with E-state index in [4.69, 9.17) is 0 Å². The van der Waals surface area contributed by atoms with E-state index < -0.39 is 21.0 Å². The summed E-state index contributed by atoms with van der Waals surface area (Å²) in [6.45, 7) is 6.15. The van der Waals surface area contributed by atoms with Crippen LogP contribution in [0.25, 0.3) is 0 Å². The molecule has 31 heavy (non-hydrogen) atoms. The minimum Gasteiger partial charge on any atom is -0.336 e. The molecule has 1 aromatic heterocycles. The number of aromatic nitrogens is 2. The number of amides is 1. The topological polar surface area (TPSA) is 99.1 Å². The molecule has 0 unspecified atom stereocenters. The van der Waals surface area contributed by atoms with Crippen molar-refractivity contribution >= 4 is 15.9 Å². The van der Waals surface area contributed by atoms with E-state index in [2.05, 4.69) is 14.8 Å². The summed E-state index contributed by atoms with van der Waals surface area (Å²) in [6.07, 6.45) is 4.23. The van der Waals surface area contributed by atoms with E-state index in [1.807, 2.05) is 18.7 Å². The number of piperazine rings is 1. The monoisotopic (exact) mass is 452 g/mol. The number of hydrogen-bond acceptors (Lipinski definition) is 7. The van der Waals surface area contributed by atoms with E-state index in [-0.39, 0.29) is 11.5 Å². The van der Waals surface area contributed by atoms with Gasteiger partial charge in [-0.05, 0) is 26.9 Å². The Morgan fingerprint density at radius 1 is 1.13 bits per heavy atom. The number of nitrogens with zero attached hydrogens (tertiary/aromatic N) is 6. The highest BCUT2D eigenvalue weighted by atomic mass is 32.2. The summed E-state index contributed by atoms with van der Waals surface area (Å²) in [6, 6.07) is 0. The molecule has 0 aromatic carbocycles. The lowest BCUT2D eigenvalue weighted by atomic mass is 9.85. The van der Waals surface area contributed by atoms with Gasteiger partial charge in [0.2, 0.25) is 10.0 Å². The number of aryl methyl sites for hydroxylation is 1. The van der Waals surface area contributed by atoms with E-state index in [0.717, 1.165) is 32.6 Å². The van der Waals surface area contributed by atoms with Gasteiger partial charge in [-0.1, -0.05) is 0 Å². The van der Waals surface area contributed by atoms with E-state index in [0.29, 0.717) is 45.0 Å². The first kappa shape index (κ1) is 22.4. The van der Waals surface area contributed by atoms with Gasteiger partial charge in [0.25, 0.3) is 11.5 Å². The zero-order valence-electron chi connectivity index (χ0n) is 18.6. The first-order valence-corrected chi connectivity index (χ1v) is 12.7. The number of sulfonamides is 1. The van der Waals surface area contributed by atoms with Crippen LogP contribution in [-0.2, 0) is 22.0 Å². The molecule has 2 saturated heterocycles. The fourth-order valence-corrected chi connectivity index (χ4v) is 5.77. The molecule has 2 fully saturated rings. The maximum Gasteiger partial charge on any atom is 0.285 e. The van der Waals surface area contributed by atoms with Gasteiger partial charge >= 0.3 is 0 Å². The Morgan fingerprint density at radius 2 is 1.81 bits per heavy atom. The highest BCUT2D eigenvalue weighted by Crippen LogP contribution is 2.41. The smallest absolute Gasteiger partial charge is 0.285 e. The van der Waals surface area contributed by atoms with Crippen LogP contribution in [0.5, 0.6) is 0 Å². The minimum absolute atomic E-state index is 0.112. The zero-order valence-corrected chi connectivity index (χ0v) is 19.4. The van der Waals surface area contributed by atoms with Crippen molar-refractivity contribution < 1.29 is 13.2 Å². The summed E-state index contributed by atoms with van der Waals surface area (Å²) in [7, 11) is 0.811. The third-order valence-corrected chi connectivity index (χ3v) is 8.09. The van der Waals surface area contributed by atoms with Crippen LogP contribution in [0.1, 0.15) is 29.0 Å². The Balaban J connectivity index is 1.48. The Bertz CT molecular complexity index is 1010. The highest BCUT2D eigenvalue weighted by molar-refractivity contribution is 7.88. The summed E-state index contributed by atoms with van der Waals surface area (Å²) in [5.41, 5.74) is -0.826. The van der Waals surface area contributed by atoms with Crippen molar-refractivity contribution in [2.75, 3.05) is 72.7 Å². The van der Waals surface area contributed by atoms with Crippen LogP contribution < -0.4 is 5.56 Å². The van der Waals surface area contributed by atoms with Crippen molar-refractivity contribution in [1.29, 1.82) is 0 Å². The summed E-state index contributed by atoms with van der Waals surface area (Å²) < 4.78 is 27.2. The van der Waals surface area contributed by atoms with Gasteiger partial charge in [0.15, 0.2) is 0 Å². The summed E-state index contributed by atoms with van der Waals surface area (Å²) >= 11 is 0. The Morgan fingerprint density at radius 3 is 2.42 bits per heavy atom. The average Bonchev–Trinajstić information content (AvgIpc) is 3.31. The number of fused-ring (bicyclic) bond motifs is 2. The predicted molar refractivity (Wildman–Crippen MR) is 117 cm³/mol. The minimum atomic E-state index is -3.28. The third-order valence-electron chi connectivity index (χ3n) is 6.84. The normalized spacial score (nSPS) is 25.0. The first-order chi connectivity index (χ1) is 14.6. The zero-order chi connectivity index (χ0) is 22.4. The lowest BCUT2D eigenvalue weighted by Gasteiger charge is -2.35. The summed E-state index contributed by atoms with van der Waals surface area (Å²) in [5.74, 6) is 0.360. The summed E-state index contributed by atoms with van der Waals surface area (Å²) in [5, 5.41) is 0. The van der Waals surface area contributed by atoms with Gasteiger partial charge in [0, 0.05) is 70.5 Å².